The topological polar surface area (TPSA) is 143 Å². The lowest BCUT2D eigenvalue weighted by atomic mass is 10.1. The van der Waals surface area contributed by atoms with Crippen LogP contribution in [0.4, 0.5) is 11.5 Å². The normalized spacial score (nSPS) is 12.8. The molecule has 0 saturated heterocycles. The number of hydrogen-bond donors (Lipinski definition) is 3. The van der Waals surface area contributed by atoms with Crippen LogP contribution in [0.5, 0.6) is 0 Å². The molecule has 1 aliphatic rings. The number of furan rings is 1. The molecular formula is C24H25N7O3S. The van der Waals surface area contributed by atoms with E-state index in [0.717, 1.165) is 33.5 Å². The van der Waals surface area contributed by atoms with Gasteiger partial charge < -0.3 is 20.4 Å². The third-order valence-corrected chi connectivity index (χ3v) is 6.19. The van der Waals surface area contributed by atoms with Crippen LogP contribution in [0.15, 0.2) is 70.3 Å². The van der Waals surface area contributed by atoms with Crippen molar-refractivity contribution in [3.05, 3.63) is 84.0 Å². The molecule has 11 heteroatoms. The fraction of sp³-hybridized carbons (Fsp3) is 0.208. The zero-order chi connectivity index (χ0) is 24.6. The molecule has 4 aromatic rings. The molecule has 3 aromatic heterocycles. The Kier molecular flexibility index (Phi) is 7.78. The predicted molar refractivity (Wildman–Crippen MR) is 133 cm³/mol. The van der Waals surface area contributed by atoms with E-state index >= 15 is 0 Å². The largest absolute Gasteiger partial charge is 0.467 e. The second kappa shape index (κ2) is 11.3. The number of aromatic nitrogens is 4. The van der Waals surface area contributed by atoms with Crippen LogP contribution in [0, 0.1) is 0 Å². The molecule has 0 unspecified atom stereocenters. The van der Waals surface area contributed by atoms with Gasteiger partial charge in [0, 0.05) is 30.5 Å². The van der Waals surface area contributed by atoms with Gasteiger partial charge in [-0.25, -0.2) is 9.97 Å². The second-order valence-electron chi connectivity index (χ2n) is 7.65. The molecule has 35 heavy (non-hydrogen) atoms. The van der Waals surface area contributed by atoms with E-state index in [9.17, 15) is 9.59 Å². The lowest BCUT2D eigenvalue weighted by Gasteiger charge is -2.17. The number of nitrogens with one attached hydrogen (secondary N) is 2. The number of anilines is 2. The van der Waals surface area contributed by atoms with Gasteiger partial charge in [0.25, 0.3) is 5.91 Å². The Morgan fingerprint density at radius 3 is 2.80 bits per heavy atom. The smallest absolute Gasteiger partial charge is 0.288 e. The first kappa shape index (κ1) is 24.0. The summed E-state index contributed by atoms with van der Waals surface area (Å²) in [4.78, 5) is 33.6. The maximum absolute atomic E-state index is 11.8. The van der Waals surface area contributed by atoms with Crippen molar-refractivity contribution in [2.75, 3.05) is 23.0 Å². The van der Waals surface area contributed by atoms with Gasteiger partial charge in [0.15, 0.2) is 0 Å². The van der Waals surface area contributed by atoms with Crippen LogP contribution in [0.1, 0.15) is 34.2 Å². The quantitative estimate of drug-likeness (QED) is 0.373. The monoisotopic (exact) mass is 491 g/mol. The molecule has 10 nitrogen and oxygen atoms in total. The molecule has 0 atom stereocenters. The summed E-state index contributed by atoms with van der Waals surface area (Å²) >= 11 is 1.69. The molecule has 1 aromatic carbocycles. The third kappa shape index (κ3) is 6.48. The third-order valence-electron chi connectivity index (χ3n) is 5.15. The van der Waals surface area contributed by atoms with Crippen LogP contribution in [0.2, 0.25) is 0 Å². The van der Waals surface area contributed by atoms with Gasteiger partial charge in [-0.3, -0.25) is 14.7 Å². The van der Waals surface area contributed by atoms with Crippen molar-refractivity contribution in [3.8, 4) is 0 Å². The maximum atomic E-state index is 11.8. The number of thioether (sulfide) groups is 1. The minimum atomic E-state index is -0.620. The van der Waals surface area contributed by atoms with Crippen LogP contribution in [0.3, 0.4) is 0 Å². The summed E-state index contributed by atoms with van der Waals surface area (Å²) in [5, 5.41) is 9.60. The van der Waals surface area contributed by atoms with E-state index in [1.54, 1.807) is 36.2 Å². The molecule has 4 heterocycles. The van der Waals surface area contributed by atoms with Crippen LogP contribution < -0.4 is 16.0 Å². The van der Waals surface area contributed by atoms with Crippen molar-refractivity contribution in [2.45, 2.75) is 24.3 Å². The highest BCUT2D eigenvalue weighted by Crippen LogP contribution is 2.34. The number of rotatable bonds is 6. The molecular weight excluding hydrogens is 466 g/mol. The highest BCUT2D eigenvalue weighted by molar-refractivity contribution is 7.99. The fourth-order valence-electron chi connectivity index (χ4n) is 3.31. The first-order valence-electron chi connectivity index (χ1n) is 10.9. The number of H-pyrrole nitrogens is 1. The lowest BCUT2D eigenvalue weighted by Crippen LogP contribution is -2.25. The van der Waals surface area contributed by atoms with E-state index in [4.69, 9.17) is 10.2 Å². The van der Waals surface area contributed by atoms with Crippen LogP contribution in [-0.2, 0) is 17.8 Å². The molecule has 0 bridgehead atoms. The van der Waals surface area contributed by atoms with Crippen LogP contribution in [-0.4, -0.2) is 44.8 Å². The van der Waals surface area contributed by atoms with Crippen molar-refractivity contribution in [1.29, 1.82) is 0 Å². The Bertz CT molecular complexity index is 1280. The van der Waals surface area contributed by atoms with Gasteiger partial charge in [0.2, 0.25) is 11.7 Å². The van der Waals surface area contributed by atoms with Gasteiger partial charge in [-0.2, -0.15) is 0 Å². The van der Waals surface area contributed by atoms with Crippen molar-refractivity contribution in [3.63, 3.8) is 0 Å². The predicted octanol–water partition coefficient (Wildman–Crippen LogP) is 3.24. The van der Waals surface area contributed by atoms with Gasteiger partial charge in [-0.05, 0) is 23.8 Å². The first-order valence-corrected chi connectivity index (χ1v) is 11.9. The Labute approximate surface area is 206 Å². The summed E-state index contributed by atoms with van der Waals surface area (Å²) in [6.07, 6.45) is 4.57. The maximum Gasteiger partial charge on any atom is 0.288 e. The first-order chi connectivity index (χ1) is 17.0. The van der Waals surface area contributed by atoms with E-state index in [2.05, 4.69) is 25.5 Å². The van der Waals surface area contributed by atoms with E-state index < -0.39 is 5.91 Å². The number of carbonyl (C=O) groups is 2. The number of benzene rings is 1. The Morgan fingerprint density at radius 1 is 1.26 bits per heavy atom. The number of carbonyl (C=O) groups excluding carboxylic acids is 2. The van der Waals surface area contributed by atoms with Gasteiger partial charge in [0.05, 0.1) is 24.7 Å². The van der Waals surface area contributed by atoms with Gasteiger partial charge in [-0.1, -0.05) is 30.3 Å². The number of amides is 2. The molecule has 2 amide bonds. The molecule has 5 rings (SSSR count). The average molecular weight is 492 g/mol. The summed E-state index contributed by atoms with van der Waals surface area (Å²) in [6.45, 7) is 0.595. The Morgan fingerprint density at radius 2 is 2.09 bits per heavy atom. The number of hydrogen-bond acceptors (Lipinski definition) is 8. The van der Waals surface area contributed by atoms with Gasteiger partial charge >= 0.3 is 0 Å². The van der Waals surface area contributed by atoms with Crippen molar-refractivity contribution in [2.24, 2.45) is 5.73 Å². The number of nitrogens with two attached hydrogens (primary N) is 1. The highest BCUT2D eigenvalue weighted by Gasteiger charge is 2.20. The van der Waals surface area contributed by atoms with Crippen molar-refractivity contribution < 1.29 is 14.0 Å². The molecule has 180 valence electrons. The van der Waals surface area contributed by atoms with E-state index in [0.29, 0.717) is 25.2 Å². The summed E-state index contributed by atoms with van der Waals surface area (Å²) < 4.78 is 5.27. The minimum absolute atomic E-state index is 0.0286. The minimum Gasteiger partial charge on any atom is -0.467 e. The van der Waals surface area contributed by atoms with Crippen LogP contribution in [0.25, 0.3) is 0 Å². The number of pyridine rings is 1. The average Bonchev–Trinajstić information content (AvgIpc) is 3.53. The number of fused-ring (bicyclic) bond motifs is 1. The fourth-order valence-corrected chi connectivity index (χ4v) is 4.34. The van der Waals surface area contributed by atoms with E-state index in [1.807, 2.05) is 48.5 Å². The Hall–Kier alpha value is -4.12. The molecule has 0 fully saturated rings. The number of aromatic amines is 1. The summed E-state index contributed by atoms with van der Waals surface area (Å²) in [5.74, 6) is 2.63. The van der Waals surface area contributed by atoms with Gasteiger partial charge in [0.1, 0.15) is 17.4 Å². The summed E-state index contributed by atoms with van der Waals surface area (Å²) in [7, 11) is 1.80. The molecule has 0 radical (unpaired) electrons. The van der Waals surface area contributed by atoms with E-state index in [1.165, 1.54) is 0 Å². The zero-order valence-electron chi connectivity index (χ0n) is 19.1. The molecule has 4 N–H and O–H groups in total. The number of nitrogens with zero attached hydrogens (tertiary/aromatic N) is 4. The SMILES string of the molecule is CN1C(=O)CCSc2cc(NCc3ccco3)ncc21.NC(=O)c1n[nH]c(Cc2ccccc2)n1. The summed E-state index contributed by atoms with van der Waals surface area (Å²) in [6, 6.07) is 15.5. The van der Waals surface area contributed by atoms with E-state index in [-0.39, 0.29) is 11.7 Å². The Balaban J connectivity index is 0.000000172. The zero-order valence-corrected chi connectivity index (χ0v) is 19.9. The standard InChI is InChI=1S/C14H15N3O2S.C10H10N4O/c1-17-11-9-16-13(15-8-10-3-2-5-19-10)7-12(11)20-6-4-14(17)18;11-9(15)10-12-8(13-14-10)6-7-4-2-1-3-5-7/h2-3,5,7,9H,4,6,8H2,1H3,(H,15,16);1-5H,6H2,(H2,11,15)(H,12,13,14). The lowest BCUT2D eigenvalue weighted by molar-refractivity contribution is -0.117. The molecule has 0 spiro atoms. The molecule has 0 saturated carbocycles. The second-order valence-corrected chi connectivity index (χ2v) is 8.79. The molecule has 0 aliphatic carbocycles. The number of primary amides is 1. The summed E-state index contributed by atoms with van der Waals surface area (Å²) in [5.41, 5.74) is 7.01. The van der Waals surface area contributed by atoms with Crippen molar-refractivity contribution >= 4 is 35.1 Å². The van der Waals surface area contributed by atoms with Crippen LogP contribution >= 0.6 is 11.8 Å². The van der Waals surface area contributed by atoms with Gasteiger partial charge in [-0.15, -0.1) is 16.9 Å². The van der Waals surface area contributed by atoms with Crippen molar-refractivity contribution in [1.82, 2.24) is 20.2 Å². The highest BCUT2D eigenvalue weighted by atomic mass is 32.2. The molecule has 1 aliphatic heterocycles.